The van der Waals surface area contributed by atoms with E-state index in [1.165, 1.54) is 4.90 Å². The van der Waals surface area contributed by atoms with Crippen LogP contribution in [-0.2, 0) is 16.0 Å². The summed E-state index contributed by atoms with van der Waals surface area (Å²) in [6.07, 6.45) is 0.209. The van der Waals surface area contributed by atoms with Crippen LogP contribution in [0.1, 0.15) is 19.4 Å². The summed E-state index contributed by atoms with van der Waals surface area (Å²) in [6, 6.07) is 7.25. The van der Waals surface area contributed by atoms with Gasteiger partial charge in [0, 0.05) is 19.3 Å². The molecule has 0 bridgehead atoms. The Balaban J connectivity index is 2.47. The molecular weight excluding hydrogens is 254 g/mol. The lowest BCUT2D eigenvalue weighted by Gasteiger charge is -2.18. The average Bonchev–Trinajstić information content (AvgIpc) is 2.39. The number of anilines is 1. The number of para-hydroxylation sites is 1. The van der Waals surface area contributed by atoms with Crippen molar-refractivity contribution in [2.24, 2.45) is 5.92 Å². The average molecular weight is 277 g/mol. The highest BCUT2D eigenvalue weighted by atomic mass is 16.2. The molecule has 0 saturated heterocycles. The van der Waals surface area contributed by atoms with Gasteiger partial charge in [-0.2, -0.15) is 0 Å². The van der Waals surface area contributed by atoms with E-state index in [0.29, 0.717) is 18.2 Å². The summed E-state index contributed by atoms with van der Waals surface area (Å²) in [5.74, 6) is 0.127. The maximum absolute atomic E-state index is 12.0. The Kier molecular flexibility index (Phi) is 6.03. The molecule has 1 aromatic rings. The van der Waals surface area contributed by atoms with Crippen LogP contribution in [0.4, 0.5) is 5.69 Å². The third-order valence-electron chi connectivity index (χ3n) is 2.91. The van der Waals surface area contributed by atoms with Crippen LogP contribution in [0.15, 0.2) is 24.3 Å². The highest BCUT2D eigenvalue weighted by Crippen LogP contribution is 2.11. The Labute approximate surface area is 120 Å². The van der Waals surface area contributed by atoms with Gasteiger partial charge >= 0.3 is 0 Å². The van der Waals surface area contributed by atoms with Gasteiger partial charge in [0.25, 0.3) is 0 Å². The lowest BCUT2D eigenvalue weighted by Crippen LogP contribution is -2.40. The lowest BCUT2D eigenvalue weighted by atomic mass is 10.1. The van der Waals surface area contributed by atoms with Gasteiger partial charge in [0.2, 0.25) is 11.8 Å². The van der Waals surface area contributed by atoms with E-state index in [2.05, 4.69) is 5.32 Å². The predicted molar refractivity (Wildman–Crippen MR) is 80.0 cm³/mol. The number of carbonyl (C=O) groups is 2. The minimum absolute atomic E-state index is 0.0677. The molecule has 2 amide bonds. The zero-order chi connectivity index (χ0) is 15.1. The Morgan fingerprint density at radius 1 is 1.30 bits per heavy atom. The number of rotatable bonds is 6. The van der Waals surface area contributed by atoms with Crippen molar-refractivity contribution in [2.45, 2.75) is 20.3 Å². The van der Waals surface area contributed by atoms with E-state index in [1.54, 1.807) is 13.1 Å². The van der Waals surface area contributed by atoms with Crippen LogP contribution in [0, 0.1) is 5.92 Å². The number of benzene rings is 1. The fourth-order valence-corrected chi connectivity index (χ4v) is 1.67. The van der Waals surface area contributed by atoms with Crippen molar-refractivity contribution in [3.8, 4) is 0 Å². The van der Waals surface area contributed by atoms with Crippen LogP contribution in [0.25, 0.3) is 0 Å². The summed E-state index contributed by atoms with van der Waals surface area (Å²) < 4.78 is 0. The highest BCUT2D eigenvalue weighted by Gasteiger charge is 2.14. The Bertz CT molecular complexity index is 472. The Morgan fingerprint density at radius 2 is 1.95 bits per heavy atom. The van der Waals surface area contributed by atoms with E-state index >= 15 is 0 Å². The SMILES string of the molecule is CC(C)CNC(=O)CN(C)C(=O)Cc1ccccc1N. The van der Waals surface area contributed by atoms with E-state index in [9.17, 15) is 9.59 Å². The van der Waals surface area contributed by atoms with E-state index in [-0.39, 0.29) is 24.8 Å². The van der Waals surface area contributed by atoms with Crippen LogP contribution in [0.2, 0.25) is 0 Å². The molecule has 0 saturated carbocycles. The van der Waals surface area contributed by atoms with Crippen LogP contribution in [0.3, 0.4) is 0 Å². The summed E-state index contributed by atoms with van der Waals surface area (Å²) in [6.45, 7) is 4.73. The summed E-state index contributed by atoms with van der Waals surface area (Å²) in [7, 11) is 1.62. The van der Waals surface area contributed by atoms with Crippen LogP contribution in [0.5, 0.6) is 0 Å². The topological polar surface area (TPSA) is 75.4 Å². The molecule has 0 radical (unpaired) electrons. The van der Waals surface area contributed by atoms with Gasteiger partial charge in [-0.3, -0.25) is 9.59 Å². The smallest absolute Gasteiger partial charge is 0.239 e. The van der Waals surface area contributed by atoms with Crippen LogP contribution in [-0.4, -0.2) is 36.9 Å². The fourth-order valence-electron chi connectivity index (χ4n) is 1.67. The molecule has 0 fully saturated rings. The fraction of sp³-hybridized carbons (Fsp3) is 0.467. The maximum Gasteiger partial charge on any atom is 0.239 e. The molecular formula is C15H23N3O2. The number of hydrogen-bond acceptors (Lipinski definition) is 3. The molecule has 0 aliphatic rings. The predicted octanol–water partition coefficient (Wildman–Crippen LogP) is 1.04. The second-order valence-corrected chi connectivity index (χ2v) is 5.32. The van der Waals surface area contributed by atoms with E-state index in [1.807, 2.05) is 32.0 Å². The highest BCUT2D eigenvalue weighted by molar-refractivity contribution is 5.86. The van der Waals surface area contributed by atoms with Crippen molar-refractivity contribution in [3.05, 3.63) is 29.8 Å². The van der Waals surface area contributed by atoms with Crippen molar-refractivity contribution >= 4 is 17.5 Å². The zero-order valence-electron chi connectivity index (χ0n) is 12.3. The van der Waals surface area contributed by atoms with Gasteiger partial charge in [-0.25, -0.2) is 0 Å². The van der Waals surface area contributed by atoms with Crippen molar-refractivity contribution in [1.29, 1.82) is 0 Å². The van der Waals surface area contributed by atoms with Crippen molar-refractivity contribution in [2.75, 3.05) is 25.9 Å². The van der Waals surface area contributed by atoms with E-state index in [0.717, 1.165) is 5.56 Å². The van der Waals surface area contributed by atoms with Gasteiger partial charge in [0.15, 0.2) is 0 Å². The first-order valence-electron chi connectivity index (χ1n) is 6.74. The lowest BCUT2D eigenvalue weighted by molar-refractivity contribution is -0.134. The molecule has 1 rings (SSSR count). The standard InChI is InChI=1S/C15H23N3O2/c1-11(2)9-17-14(19)10-18(3)15(20)8-12-6-4-5-7-13(12)16/h4-7,11H,8-10,16H2,1-3H3,(H,17,19). The first-order valence-corrected chi connectivity index (χ1v) is 6.74. The number of likely N-dealkylation sites (N-methyl/N-ethyl adjacent to an activating group) is 1. The van der Waals surface area contributed by atoms with Gasteiger partial charge in [0.05, 0.1) is 13.0 Å². The number of nitrogen functional groups attached to an aromatic ring is 1. The van der Waals surface area contributed by atoms with Crippen LogP contribution < -0.4 is 11.1 Å². The summed E-state index contributed by atoms with van der Waals surface area (Å²) in [5.41, 5.74) is 7.18. The normalized spacial score (nSPS) is 10.4. The molecule has 0 spiro atoms. The summed E-state index contributed by atoms with van der Waals surface area (Å²) >= 11 is 0. The first kappa shape index (κ1) is 16.0. The van der Waals surface area contributed by atoms with E-state index < -0.39 is 0 Å². The quantitative estimate of drug-likeness (QED) is 0.763. The molecule has 0 aliphatic carbocycles. The molecule has 5 heteroatoms. The molecule has 1 aromatic carbocycles. The Morgan fingerprint density at radius 3 is 2.55 bits per heavy atom. The molecule has 20 heavy (non-hydrogen) atoms. The monoisotopic (exact) mass is 277 g/mol. The van der Waals surface area contributed by atoms with Gasteiger partial charge in [-0.05, 0) is 17.5 Å². The molecule has 5 nitrogen and oxygen atoms in total. The molecule has 0 aliphatic heterocycles. The minimum Gasteiger partial charge on any atom is -0.398 e. The number of carbonyl (C=O) groups excluding carboxylic acids is 2. The van der Waals surface area contributed by atoms with Crippen LogP contribution >= 0.6 is 0 Å². The summed E-state index contributed by atoms with van der Waals surface area (Å²) in [5, 5.41) is 2.79. The zero-order valence-corrected chi connectivity index (χ0v) is 12.3. The number of nitrogens with two attached hydrogens (primary N) is 1. The molecule has 0 atom stereocenters. The second-order valence-electron chi connectivity index (χ2n) is 5.32. The van der Waals surface area contributed by atoms with Crippen molar-refractivity contribution in [3.63, 3.8) is 0 Å². The molecule has 0 unspecified atom stereocenters. The third-order valence-corrected chi connectivity index (χ3v) is 2.91. The molecule has 3 N–H and O–H groups in total. The number of hydrogen-bond donors (Lipinski definition) is 2. The second kappa shape index (κ2) is 7.53. The largest absolute Gasteiger partial charge is 0.398 e. The molecule has 110 valence electrons. The third kappa shape index (κ3) is 5.30. The van der Waals surface area contributed by atoms with Gasteiger partial charge in [0.1, 0.15) is 0 Å². The first-order chi connectivity index (χ1) is 9.40. The van der Waals surface area contributed by atoms with Crippen molar-refractivity contribution < 1.29 is 9.59 Å². The van der Waals surface area contributed by atoms with Crippen molar-refractivity contribution in [1.82, 2.24) is 10.2 Å². The van der Waals surface area contributed by atoms with E-state index in [4.69, 9.17) is 5.73 Å². The molecule has 0 heterocycles. The number of nitrogens with one attached hydrogen (secondary N) is 1. The Hall–Kier alpha value is -2.04. The number of nitrogens with zero attached hydrogens (tertiary/aromatic N) is 1. The minimum atomic E-state index is -0.143. The van der Waals surface area contributed by atoms with Gasteiger partial charge < -0.3 is 16.0 Å². The number of amides is 2. The summed E-state index contributed by atoms with van der Waals surface area (Å²) in [4.78, 5) is 25.1. The van der Waals surface area contributed by atoms with Gasteiger partial charge in [-0.1, -0.05) is 32.0 Å². The van der Waals surface area contributed by atoms with Gasteiger partial charge in [-0.15, -0.1) is 0 Å². The molecule has 0 aromatic heterocycles. The maximum atomic E-state index is 12.0.